The van der Waals surface area contributed by atoms with Crippen LogP contribution in [-0.2, 0) is 9.53 Å². The number of carbonyl (C=O) groups is 1. The summed E-state index contributed by atoms with van der Waals surface area (Å²) >= 11 is 1.53. The average molecular weight is 482 g/mol. The number of piperazine rings is 1. The number of hydrogen-bond acceptors (Lipinski definition) is 7. The molecular formula is C25H31N5O3S. The lowest BCUT2D eigenvalue weighted by Crippen LogP contribution is -2.50. The topological polar surface area (TPSA) is 90.6 Å². The van der Waals surface area contributed by atoms with Crippen LogP contribution >= 0.6 is 11.3 Å². The van der Waals surface area contributed by atoms with Gasteiger partial charge in [0.2, 0.25) is 5.91 Å². The fourth-order valence-electron chi connectivity index (χ4n) is 4.75. The molecule has 2 saturated heterocycles. The van der Waals surface area contributed by atoms with Crippen LogP contribution in [0.1, 0.15) is 23.3 Å². The third-order valence-electron chi connectivity index (χ3n) is 6.78. The Morgan fingerprint density at radius 3 is 2.79 bits per heavy atom. The van der Waals surface area contributed by atoms with Gasteiger partial charge in [-0.05, 0) is 44.4 Å². The molecule has 0 bridgehead atoms. The number of fused-ring (bicyclic) bond motifs is 1. The van der Waals surface area contributed by atoms with Gasteiger partial charge in [0.1, 0.15) is 10.7 Å². The Bertz CT molecular complexity index is 1240. The number of hydrogen-bond donors (Lipinski definition) is 2. The summed E-state index contributed by atoms with van der Waals surface area (Å²) in [6.07, 6.45) is 2.70. The van der Waals surface area contributed by atoms with Gasteiger partial charge in [-0.25, -0.2) is 4.98 Å². The molecule has 0 spiro atoms. The van der Waals surface area contributed by atoms with Gasteiger partial charge in [0.25, 0.3) is 5.56 Å². The molecule has 2 fully saturated rings. The van der Waals surface area contributed by atoms with Gasteiger partial charge >= 0.3 is 0 Å². The van der Waals surface area contributed by atoms with Crippen molar-refractivity contribution in [1.29, 1.82) is 0 Å². The second-order valence-electron chi connectivity index (χ2n) is 9.22. The van der Waals surface area contributed by atoms with Crippen molar-refractivity contribution in [2.45, 2.75) is 32.8 Å². The van der Waals surface area contributed by atoms with Crippen LogP contribution in [0.15, 0.2) is 29.1 Å². The fourth-order valence-corrected chi connectivity index (χ4v) is 5.78. The van der Waals surface area contributed by atoms with Crippen molar-refractivity contribution in [3.8, 4) is 11.4 Å². The van der Waals surface area contributed by atoms with Gasteiger partial charge in [-0.3, -0.25) is 19.4 Å². The summed E-state index contributed by atoms with van der Waals surface area (Å²) in [6, 6.07) is 7.47. The molecule has 180 valence electrons. The first-order valence-electron chi connectivity index (χ1n) is 11.9. The van der Waals surface area contributed by atoms with Gasteiger partial charge in [-0.15, -0.1) is 11.3 Å². The number of aryl methyl sites for hydroxylation is 2. The zero-order valence-corrected chi connectivity index (χ0v) is 20.5. The minimum absolute atomic E-state index is 0.0360. The van der Waals surface area contributed by atoms with Crippen LogP contribution in [0.3, 0.4) is 0 Å². The summed E-state index contributed by atoms with van der Waals surface area (Å²) in [7, 11) is 0. The molecule has 34 heavy (non-hydrogen) atoms. The summed E-state index contributed by atoms with van der Waals surface area (Å²) in [4.78, 5) is 39.4. The van der Waals surface area contributed by atoms with E-state index >= 15 is 0 Å². The molecule has 0 saturated carbocycles. The van der Waals surface area contributed by atoms with E-state index in [1.165, 1.54) is 17.8 Å². The van der Waals surface area contributed by atoms with Gasteiger partial charge in [0.05, 0.1) is 18.0 Å². The summed E-state index contributed by atoms with van der Waals surface area (Å²) in [5, 5.41) is 3.66. The number of thiophene rings is 1. The molecule has 2 aliphatic heterocycles. The number of anilines is 1. The molecule has 2 aromatic heterocycles. The molecule has 2 aliphatic rings. The largest absolute Gasteiger partial charge is 0.377 e. The lowest BCUT2D eigenvalue weighted by molar-refractivity contribution is -0.117. The van der Waals surface area contributed by atoms with Gasteiger partial charge in [-0.2, -0.15) is 0 Å². The molecular weight excluding hydrogens is 450 g/mol. The maximum Gasteiger partial charge on any atom is 0.260 e. The third-order valence-corrected chi connectivity index (χ3v) is 7.88. The lowest BCUT2D eigenvalue weighted by atomic mass is 10.1. The highest BCUT2D eigenvalue weighted by atomic mass is 32.1. The molecule has 9 heteroatoms. The van der Waals surface area contributed by atoms with Crippen molar-refractivity contribution in [2.24, 2.45) is 0 Å². The molecule has 0 aliphatic carbocycles. The van der Waals surface area contributed by atoms with Crippen LogP contribution in [0, 0.1) is 13.8 Å². The Kier molecular flexibility index (Phi) is 6.78. The minimum Gasteiger partial charge on any atom is -0.377 e. The van der Waals surface area contributed by atoms with E-state index in [0.717, 1.165) is 66.6 Å². The molecule has 4 heterocycles. The number of carbonyl (C=O) groups excluding carboxylic acids is 1. The van der Waals surface area contributed by atoms with Crippen molar-refractivity contribution in [1.82, 2.24) is 19.8 Å². The molecule has 1 unspecified atom stereocenters. The predicted molar refractivity (Wildman–Crippen MR) is 136 cm³/mol. The predicted octanol–water partition coefficient (Wildman–Crippen LogP) is 3.00. The number of ether oxygens (including phenoxy) is 1. The number of nitrogens with one attached hydrogen (secondary N) is 2. The van der Waals surface area contributed by atoms with Crippen molar-refractivity contribution < 1.29 is 9.53 Å². The minimum atomic E-state index is -0.130. The lowest BCUT2D eigenvalue weighted by Gasteiger charge is -2.35. The van der Waals surface area contributed by atoms with Crippen molar-refractivity contribution >= 4 is 33.1 Å². The van der Waals surface area contributed by atoms with E-state index in [1.807, 2.05) is 38.1 Å². The molecule has 2 N–H and O–H groups in total. The van der Waals surface area contributed by atoms with Crippen LogP contribution in [-0.4, -0.2) is 77.7 Å². The number of amides is 1. The van der Waals surface area contributed by atoms with E-state index in [4.69, 9.17) is 4.74 Å². The monoisotopic (exact) mass is 481 g/mol. The maximum absolute atomic E-state index is 12.7. The zero-order chi connectivity index (χ0) is 23.7. The normalized spacial score (nSPS) is 19.6. The SMILES string of the molecule is Cc1sc2nc(-c3cccc(NC(=O)CN4CCN(CC5CCCO5)CC4)c3)[nH]c(=O)c2c1C. The third kappa shape index (κ3) is 5.07. The zero-order valence-electron chi connectivity index (χ0n) is 19.7. The van der Waals surface area contributed by atoms with Gasteiger partial charge in [-0.1, -0.05) is 12.1 Å². The molecule has 1 aromatic carbocycles. The standard InChI is InChI=1S/C25H31N5O3S/c1-16-17(2)34-25-22(16)24(32)27-23(28-25)18-5-3-6-19(13-18)26-21(31)15-30-10-8-29(9-11-30)14-20-7-4-12-33-20/h3,5-6,13,20H,4,7-12,14-15H2,1-2H3,(H,26,31)(H,27,28,32). The van der Waals surface area contributed by atoms with Crippen molar-refractivity contribution in [3.05, 3.63) is 45.1 Å². The fraction of sp³-hybridized carbons (Fsp3) is 0.480. The number of rotatable bonds is 6. The van der Waals surface area contributed by atoms with E-state index < -0.39 is 0 Å². The molecule has 1 amide bonds. The van der Waals surface area contributed by atoms with Crippen LogP contribution in [0.4, 0.5) is 5.69 Å². The number of aromatic amines is 1. The second-order valence-corrected chi connectivity index (χ2v) is 10.4. The van der Waals surface area contributed by atoms with Crippen LogP contribution in [0.25, 0.3) is 21.6 Å². The van der Waals surface area contributed by atoms with E-state index in [9.17, 15) is 9.59 Å². The molecule has 0 radical (unpaired) electrons. The van der Waals surface area contributed by atoms with Crippen molar-refractivity contribution in [2.75, 3.05) is 51.2 Å². The molecule has 3 aromatic rings. The first kappa shape index (κ1) is 23.2. The Balaban J connectivity index is 1.19. The van der Waals surface area contributed by atoms with Crippen LogP contribution < -0.4 is 10.9 Å². The number of aromatic nitrogens is 2. The van der Waals surface area contributed by atoms with Gasteiger partial charge in [0, 0.05) is 55.5 Å². The summed E-state index contributed by atoms with van der Waals surface area (Å²) in [5.74, 6) is 0.475. The Hall–Kier alpha value is -2.59. The van der Waals surface area contributed by atoms with E-state index in [1.54, 1.807) is 0 Å². The summed E-state index contributed by atoms with van der Waals surface area (Å²) in [5.41, 5.74) is 2.31. The Labute approximate surface area is 202 Å². The quantitative estimate of drug-likeness (QED) is 0.563. The van der Waals surface area contributed by atoms with Crippen LogP contribution in [0.5, 0.6) is 0 Å². The van der Waals surface area contributed by atoms with E-state index in [2.05, 4.69) is 25.1 Å². The first-order chi connectivity index (χ1) is 16.5. The van der Waals surface area contributed by atoms with Gasteiger partial charge in [0.15, 0.2) is 0 Å². The van der Waals surface area contributed by atoms with E-state index in [0.29, 0.717) is 29.5 Å². The van der Waals surface area contributed by atoms with Crippen molar-refractivity contribution in [3.63, 3.8) is 0 Å². The highest BCUT2D eigenvalue weighted by Gasteiger charge is 2.23. The van der Waals surface area contributed by atoms with E-state index in [-0.39, 0.29) is 11.5 Å². The maximum atomic E-state index is 12.7. The molecule has 5 rings (SSSR count). The summed E-state index contributed by atoms with van der Waals surface area (Å²) in [6.45, 7) is 9.89. The molecule has 8 nitrogen and oxygen atoms in total. The highest BCUT2D eigenvalue weighted by molar-refractivity contribution is 7.18. The average Bonchev–Trinajstić information content (AvgIpc) is 3.43. The highest BCUT2D eigenvalue weighted by Crippen LogP contribution is 2.28. The Morgan fingerprint density at radius 1 is 1.24 bits per heavy atom. The smallest absolute Gasteiger partial charge is 0.260 e. The van der Waals surface area contributed by atoms with Gasteiger partial charge < -0.3 is 15.0 Å². The molecule has 1 atom stereocenters. The number of benzene rings is 1. The Morgan fingerprint density at radius 2 is 2.03 bits per heavy atom. The van der Waals surface area contributed by atoms with Crippen LogP contribution in [0.2, 0.25) is 0 Å². The number of nitrogens with zero attached hydrogens (tertiary/aromatic N) is 3. The second kappa shape index (κ2) is 9.95. The summed E-state index contributed by atoms with van der Waals surface area (Å²) < 4.78 is 5.75. The number of H-pyrrole nitrogens is 1. The first-order valence-corrected chi connectivity index (χ1v) is 12.7.